The number of rotatable bonds is 0. The van der Waals surface area contributed by atoms with Crippen molar-refractivity contribution in [3.05, 3.63) is 0 Å². The molecule has 1 heteroatoms. The van der Waals surface area contributed by atoms with Gasteiger partial charge in [0.2, 0.25) is 0 Å². The molecule has 2 saturated carbocycles. The molecule has 0 amide bonds. The lowest BCUT2D eigenvalue weighted by atomic mass is 9.58. The Balaban J connectivity index is 2.13. The second-order valence-electron chi connectivity index (χ2n) is 6.81. The van der Waals surface area contributed by atoms with E-state index in [0.717, 1.165) is 30.6 Å². The monoisotopic (exact) mass is 210 g/mol. The van der Waals surface area contributed by atoms with Gasteiger partial charge < -0.3 is 5.11 Å². The second-order valence-corrected chi connectivity index (χ2v) is 6.81. The van der Waals surface area contributed by atoms with Crippen molar-refractivity contribution in [2.45, 2.75) is 65.4 Å². The van der Waals surface area contributed by atoms with Gasteiger partial charge in [0.25, 0.3) is 0 Å². The Labute approximate surface area is 94.3 Å². The summed E-state index contributed by atoms with van der Waals surface area (Å²) >= 11 is 0. The van der Waals surface area contributed by atoms with Gasteiger partial charge in [-0.1, -0.05) is 40.0 Å². The summed E-state index contributed by atoms with van der Waals surface area (Å²) in [7, 11) is 0. The minimum Gasteiger partial charge on any atom is -0.393 e. The van der Waals surface area contributed by atoms with Gasteiger partial charge in [-0.2, -0.15) is 0 Å². The van der Waals surface area contributed by atoms with Crippen LogP contribution in [-0.2, 0) is 0 Å². The Morgan fingerprint density at radius 2 is 1.67 bits per heavy atom. The average Bonchev–Trinajstić information content (AvgIpc) is 2.15. The molecule has 2 aliphatic rings. The number of aliphatic hydroxyl groups is 1. The first-order valence-corrected chi connectivity index (χ1v) is 6.66. The molecular formula is C14H26O. The SMILES string of the molecule is CC(C)(C)C1CC(O)CC2CCCCC21. The van der Waals surface area contributed by atoms with E-state index in [1.165, 1.54) is 25.7 Å². The molecule has 88 valence electrons. The maximum absolute atomic E-state index is 9.98. The predicted octanol–water partition coefficient (Wildman–Crippen LogP) is 3.61. The van der Waals surface area contributed by atoms with E-state index in [4.69, 9.17) is 0 Å². The van der Waals surface area contributed by atoms with E-state index in [0.29, 0.717) is 5.41 Å². The number of aliphatic hydroxyl groups excluding tert-OH is 1. The van der Waals surface area contributed by atoms with E-state index in [9.17, 15) is 5.11 Å². The van der Waals surface area contributed by atoms with Crippen molar-refractivity contribution in [3.8, 4) is 0 Å². The first kappa shape index (κ1) is 11.4. The molecule has 0 aromatic carbocycles. The zero-order valence-corrected chi connectivity index (χ0v) is 10.5. The van der Waals surface area contributed by atoms with Gasteiger partial charge in [0.15, 0.2) is 0 Å². The molecule has 1 nitrogen and oxygen atoms in total. The maximum atomic E-state index is 9.98. The van der Waals surface area contributed by atoms with E-state index < -0.39 is 0 Å². The quantitative estimate of drug-likeness (QED) is 0.647. The average molecular weight is 210 g/mol. The van der Waals surface area contributed by atoms with Crippen LogP contribution in [0.25, 0.3) is 0 Å². The Bertz CT molecular complexity index is 216. The van der Waals surface area contributed by atoms with Crippen LogP contribution < -0.4 is 0 Å². The van der Waals surface area contributed by atoms with Crippen molar-refractivity contribution in [3.63, 3.8) is 0 Å². The Kier molecular flexibility index (Phi) is 3.12. The largest absolute Gasteiger partial charge is 0.393 e. The van der Waals surface area contributed by atoms with Crippen molar-refractivity contribution in [2.24, 2.45) is 23.2 Å². The Hall–Kier alpha value is -0.0400. The molecule has 2 aliphatic carbocycles. The minimum absolute atomic E-state index is 0.0198. The van der Waals surface area contributed by atoms with Gasteiger partial charge in [0, 0.05) is 0 Å². The van der Waals surface area contributed by atoms with Crippen LogP contribution in [0.1, 0.15) is 59.3 Å². The molecule has 0 aromatic rings. The normalized spacial score (nSPS) is 42.4. The molecule has 0 aliphatic heterocycles. The third-order valence-electron chi connectivity index (χ3n) is 4.70. The van der Waals surface area contributed by atoms with Crippen molar-refractivity contribution in [2.75, 3.05) is 0 Å². The molecule has 2 fully saturated rings. The van der Waals surface area contributed by atoms with Gasteiger partial charge in [-0.25, -0.2) is 0 Å². The van der Waals surface area contributed by atoms with E-state index >= 15 is 0 Å². The Morgan fingerprint density at radius 3 is 2.33 bits per heavy atom. The summed E-state index contributed by atoms with van der Waals surface area (Å²) in [4.78, 5) is 0. The first-order valence-electron chi connectivity index (χ1n) is 6.66. The van der Waals surface area contributed by atoms with E-state index in [2.05, 4.69) is 20.8 Å². The van der Waals surface area contributed by atoms with Crippen LogP contribution in [0.4, 0.5) is 0 Å². The highest BCUT2D eigenvalue weighted by Gasteiger charge is 2.42. The van der Waals surface area contributed by atoms with Gasteiger partial charge >= 0.3 is 0 Å². The van der Waals surface area contributed by atoms with Crippen LogP contribution in [-0.4, -0.2) is 11.2 Å². The second kappa shape index (κ2) is 4.08. The highest BCUT2D eigenvalue weighted by atomic mass is 16.3. The summed E-state index contributed by atoms with van der Waals surface area (Å²) in [6, 6.07) is 0. The predicted molar refractivity (Wildman–Crippen MR) is 63.6 cm³/mol. The van der Waals surface area contributed by atoms with Crippen LogP contribution >= 0.6 is 0 Å². The van der Waals surface area contributed by atoms with E-state index in [-0.39, 0.29) is 6.10 Å². The molecule has 15 heavy (non-hydrogen) atoms. The van der Waals surface area contributed by atoms with Crippen LogP contribution in [0, 0.1) is 23.2 Å². The molecule has 0 radical (unpaired) electrons. The fourth-order valence-electron chi connectivity index (χ4n) is 3.97. The van der Waals surface area contributed by atoms with Crippen LogP contribution in [0.2, 0.25) is 0 Å². The molecule has 0 heterocycles. The summed E-state index contributed by atoms with van der Waals surface area (Å²) < 4.78 is 0. The molecule has 0 spiro atoms. The smallest absolute Gasteiger partial charge is 0.0546 e. The number of hydrogen-bond donors (Lipinski definition) is 1. The van der Waals surface area contributed by atoms with Gasteiger partial charge in [-0.05, 0) is 42.4 Å². The highest BCUT2D eigenvalue weighted by molar-refractivity contribution is 4.93. The summed E-state index contributed by atoms with van der Waals surface area (Å²) in [6.07, 6.45) is 7.71. The fourth-order valence-corrected chi connectivity index (χ4v) is 3.97. The summed E-state index contributed by atoms with van der Waals surface area (Å²) in [5.74, 6) is 2.47. The van der Waals surface area contributed by atoms with Gasteiger partial charge in [-0.15, -0.1) is 0 Å². The van der Waals surface area contributed by atoms with Gasteiger partial charge in [-0.3, -0.25) is 0 Å². The number of fused-ring (bicyclic) bond motifs is 1. The Morgan fingerprint density at radius 1 is 1.00 bits per heavy atom. The lowest BCUT2D eigenvalue weighted by Crippen LogP contribution is -2.42. The minimum atomic E-state index is -0.0198. The van der Waals surface area contributed by atoms with Crippen LogP contribution in [0.3, 0.4) is 0 Å². The van der Waals surface area contributed by atoms with Gasteiger partial charge in [0.1, 0.15) is 0 Å². The standard InChI is InChI=1S/C14H26O/c1-14(2,3)13-9-11(15)8-10-6-4-5-7-12(10)13/h10-13,15H,4-9H2,1-3H3. The lowest BCUT2D eigenvalue weighted by molar-refractivity contribution is -0.0346. The maximum Gasteiger partial charge on any atom is 0.0546 e. The molecule has 1 N–H and O–H groups in total. The van der Waals surface area contributed by atoms with Crippen LogP contribution in [0.15, 0.2) is 0 Å². The topological polar surface area (TPSA) is 20.2 Å². The molecule has 0 aromatic heterocycles. The fraction of sp³-hybridized carbons (Fsp3) is 1.00. The zero-order valence-electron chi connectivity index (χ0n) is 10.5. The number of hydrogen-bond acceptors (Lipinski definition) is 1. The molecular weight excluding hydrogens is 184 g/mol. The molecule has 4 unspecified atom stereocenters. The first-order chi connectivity index (χ1) is 6.98. The molecule has 0 bridgehead atoms. The summed E-state index contributed by atoms with van der Waals surface area (Å²) in [6.45, 7) is 7.05. The molecule has 4 atom stereocenters. The van der Waals surface area contributed by atoms with Crippen molar-refractivity contribution < 1.29 is 5.11 Å². The molecule has 2 rings (SSSR count). The van der Waals surface area contributed by atoms with Crippen molar-refractivity contribution >= 4 is 0 Å². The van der Waals surface area contributed by atoms with Crippen molar-refractivity contribution in [1.29, 1.82) is 0 Å². The highest BCUT2D eigenvalue weighted by Crippen LogP contribution is 2.50. The third kappa shape index (κ3) is 2.38. The van der Waals surface area contributed by atoms with Crippen LogP contribution in [0.5, 0.6) is 0 Å². The molecule has 0 saturated heterocycles. The van der Waals surface area contributed by atoms with E-state index in [1.54, 1.807) is 0 Å². The van der Waals surface area contributed by atoms with Crippen molar-refractivity contribution in [1.82, 2.24) is 0 Å². The zero-order chi connectivity index (χ0) is 11.1. The summed E-state index contributed by atoms with van der Waals surface area (Å²) in [5, 5.41) is 9.98. The summed E-state index contributed by atoms with van der Waals surface area (Å²) in [5.41, 5.74) is 0.377. The van der Waals surface area contributed by atoms with E-state index in [1.807, 2.05) is 0 Å². The van der Waals surface area contributed by atoms with Gasteiger partial charge in [0.05, 0.1) is 6.10 Å². The lowest BCUT2D eigenvalue weighted by Gasteiger charge is -2.48. The third-order valence-corrected chi connectivity index (χ3v) is 4.70.